The van der Waals surface area contributed by atoms with Crippen molar-refractivity contribution in [1.82, 2.24) is 0 Å². The molecule has 276 valence electrons. The van der Waals surface area contributed by atoms with Crippen LogP contribution < -0.4 is 4.74 Å². The Morgan fingerprint density at radius 2 is 1.51 bits per heavy atom. The minimum atomic E-state index is -1.63. The van der Waals surface area contributed by atoms with Gasteiger partial charge in [-0.1, -0.05) is 113 Å². The summed E-state index contributed by atoms with van der Waals surface area (Å²) in [6.45, 7) is 16.6. The highest BCUT2D eigenvalue weighted by Gasteiger charge is 2.58. The van der Waals surface area contributed by atoms with E-state index in [1.807, 2.05) is 0 Å². The van der Waals surface area contributed by atoms with Crippen molar-refractivity contribution in [2.45, 2.75) is 142 Å². The van der Waals surface area contributed by atoms with Crippen molar-refractivity contribution in [2.75, 3.05) is 6.61 Å². The van der Waals surface area contributed by atoms with E-state index in [1.165, 1.54) is 80.9 Å². The van der Waals surface area contributed by atoms with Crippen LogP contribution >= 0.6 is 0 Å². The van der Waals surface area contributed by atoms with E-state index in [0.717, 1.165) is 37.2 Å². The molecule has 0 unspecified atom stereocenters. The maximum atomic E-state index is 6.83. The van der Waals surface area contributed by atoms with Crippen molar-refractivity contribution >= 4 is 8.32 Å². The van der Waals surface area contributed by atoms with E-state index >= 15 is 0 Å². The third-order valence-corrected chi connectivity index (χ3v) is 18.0. The molecule has 2 fully saturated rings. The molecule has 0 saturated heterocycles. The van der Waals surface area contributed by atoms with Crippen LogP contribution in [0.15, 0.2) is 91.0 Å². The van der Waals surface area contributed by atoms with Crippen molar-refractivity contribution in [3.05, 3.63) is 113 Å². The second-order valence-corrected chi connectivity index (χ2v) is 22.6. The van der Waals surface area contributed by atoms with Gasteiger partial charge >= 0.3 is 0 Å². The summed E-state index contributed by atoms with van der Waals surface area (Å²) in [5.74, 6) is 3.79. The fourth-order valence-electron chi connectivity index (χ4n) is 9.61. The summed E-state index contributed by atoms with van der Waals surface area (Å²) in [4.78, 5) is 0. The van der Waals surface area contributed by atoms with Crippen LogP contribution in [0.2, 0.25) is 18.1 Å². The lowest BCUT2D eigenvalue weighted by Crippen LogP contribution is -2.48. The van der Waals surface area contributed by atoms with Crippen LogP contribution in [0, 0.1) is 23.2 Å². The van der Waals surface area contributed by atoms with E-state index < -0.39 is 8.32 Å². The van der Waals surface area contributed by atoms with Gasteiger partial charge in [-0.25, -0.2) is 0 Å². The number of benzene rings is 3. The number of fused-ring (bicyclic) bond motifs is 5. The standard InChI is InChI=1S/C47H66O3Si/c1-46(2,3)51(5,6)50-31-19-11-9-7-8-10-18-24-39-33-47(4)43(29-30-44(47)49-35-37-22-16-13-17-23-37)42-27-25-38-32-40(26-28-41(38)45(39)42)48-34-36-20-14-12-15-21-36/h8,10,12-17,20-23,26,28,32,39,42-45H,7,9,11,18-19,24-25,27,29-31,33-35H2,1-6H3/b10-8+/t39-,42-,43-,44-,45+,47-/m0/s1. The molecule has 3 aromatic rings. The van der Waals surface area contributed by atoms with Gasteiger partial charge in [-0.3, -0.25) is 0 Å². The van der Waals surface area contributed by atoms with Crippen LogP contribution in [-0.4, -0.2) is 21.0 Å². The van der Waals surface area contributed by atoms with Gasteiger partial charge in [0.1, 0.15) is 12.4 Å². The number of ether oxygens (including phenoxy) is 2. The van der Waals surface area contributed by atoms with Crippen LogP contribution in [0.3, 0.4) is 0 Å². The molecule has 51 heavy (non-hydrogen) atoms. The Morgan fingerprint density at radius 3 is 2.24 bits per heavy atom. The quantitative estimate of drug-likeness (QED) is 0.0843. The zero-order valence-electron chi connectivity index (χ0n) is 32.7. The van der Waals surface area contributed by atoms with Gasteiger partial charge < -0.3 is 13.9 Å². The Balaban J connectivity index is 1.09. The molecule has 0 radical (unpaired) electrons. The molecular formula is C47H66O3Si. The summed E-state index contributed by atoms with van der Waals surface area (Å²) in [5, 5.41) is 0.292. The average molecular weight is 707 g/mol. The molecule has 4 heteroatoms. The number of aryl methyl sites for hydroxylation is 1. The van der Waals surface area contributed by atoms with Crippen LogP contribution in [0.5, 0.6) is 5.75 Å². The second-order valence-electron chi connectivity index (χ2n) is 17.8. The molecule has 0 amide bonds. The fourth-order valence-corrected chi connectivity index (χ4v) is 10.7. The van der Waals surface area contributed by atoms with Gasteiger partial charge in [-0.2, -0.15) is 0 Å². The highest BCUT2D eigenvalue weighted by atomic mass is 28.4. The summed E-state index contributed by atoms with van der Waals surface area (Å²) in [5.41, 5.74) is 5.89. The molecule has 0 aliphatic heterocycles. The SMILES string of the molecule is CC(C)(C)[Si](C)(C)OCCCCC/C=C/CC[C@H]1C[C@]2(C)[C@@H](OCc3ccccc3)CC[C@H]2[C@@H]2CCc3cc(OCc4ccccc4)ccc3[C@@H]12. The van der Waals surface area contributed by atoms with E-state index in [-0.39, 0.29) is 5.41 Å². The smallest absolute Gasteiger partial charge is 0.191 e. The summed E-state index contributed by atoms with van der Waals surface area (Å²) in [6, 6.07) is 28.4. The monoisotopic (exact) mass is 706 g/mol. The summed E-state index contributed by atoms with van der Waals surface area (Å²) in [6.07, 6.45) is 18.8. The summed E-state index contributed by atoms with van der Waals surface area (Å²) < 4.78 is 19.5. The van der Waals surface area contributed by atoms with Crippen molar-refractivity contribution in [3.8, 4) is 5.75 Å². The number of allylic oxidation sites excluding steroid dienone is 2. The molecule has 3 aliphatic carbocycles. The molecule has 6 rings (SSSR count). The highest BCUT2D eigenvalue weighted by molar-refractivity contribution is 6.74. The van der Waals surface area contributed by atoms with Gasteiger partial charge in [0, 0.05) is 6.61 Å². The minimum Gasteiger partial charge on any atom is -0.489 e. The number of unbranched alkanes of at least 4 members (excludes halogenated alkanes) is 3. The zero-order valence-corrected chi connectivity index (χ0v) is 33.7. The first kappa shape index (κ1) is 38.1. The first-order valence-electron chi connectivity index (χ1n) is 20.3. The van der Waals surface area contributed by atoms with E-state index in [9.17, 15) is 0 Å². The lowest BCUT2D eigenvalue weighted by molar-refractivity contribution is -0.0874. The first-order valence-corrected chi connectivity index (χ1v) is 23.2. The van der Waals surface area contributed by atoms with Crippen molar-refractivity contribution < 1.29 is 13.9 Å². The number of hydrogen-bond acceptors (Lipinski definition) is 3. The second kappa shape index (κ2) is 17.0. The topological polar surface area (TPSA) is 27.7 Å². The van der Waals surface area contributed by atoms with E-state index in [1.54, 1.807) is 5.56 Å². The van der Waals surface area contributed by atoms with Crippen LogP contribution in [-0.2, 0) is 28.8 Å². The Labute approximate surface area is 311 Å². The third-order valence-electron chi connectivity index (χ3n) is 13.4. The molecule has 6 atom stereocenters. The Hall–Kier alpha value is -2.66. The highest BCUT2D eigenvalue weighted by Crippen LogP contribution is 2.64. The average Bonchev–Trinajstić information content (AvgIpc) is 3.46. The van der Waals surface area contributed by atoms with Crippen molar-refractivity contribution in [3.63, 3.8) is 0 Å². The molecule has 3 nitrogen and oxygen atoms in total. The lowest BCUT2D eigenvalue weighted by atomic mass is 9.51. The molecule has 0 heterocycles. The first-order chi connectivity index (χ1) is 24.5. The maximum absolute atomic E-state index is 6.83. The molecule has 0 bridgehead atoms. The minimum absolute atomic E-state index is 0.243. The molecule has 0 spiro atoms. The lowest BCUT2D eigenvalue weighted by Gasteiger charge is -2.54. The summed E-state index contributed by atoms with van der Waals surface area (Å²) in [7, 11) is -1.63. The van der Waals surface area contributed by atoms with E-state index in [4.69, 9.17) is 13.9 Å². The molecule has 2 saturated carbocycles. The van der Waals surface area contributed by atoms with E-state index in [2.05, 4.69) is 132 Å². The maximum Gasteiger partial charge on any atom is 0.191 e. The van der Waals surface area contributed by atoms with Gasteiger partial charge in [0.25, 0.3) is 0 Å². The van der Waals surface area contributed by atoms with Crippen molar-refractivity contribution in [2.24, 2.45) is 23.2 Å². The van der Waals surface area contributed by atoms with Crippen molar-refractivity contribution in [1.29, 1.82) is 0 Å². The zero-order chi connectivity index (χ0) is 35.9. The molecule has 3 aromatic carbocycles. The largest absolute Gasteiger partial charge is 0.489 e. The third kappa shape index (κ3) is 9.29. The van der Waals surface area contributed by atoms with Gasteiger partial charge in [-0.05, 0) is 146 Å². The number of rotatable bonds is 16. The Bertz CT molecular complexity index is 1540. The van der Waals surface area contributed by atoms with E-state index in [0.29, 0.717) is 29.6 Å². The molecule has 0 aromatic heterocycles. The Morgan fingerprint density at radius 1 is 0.804 bits per heavy atom. The van der Waals surface area contributed by atoms with Crippen LogP contribution in [0.4, 0.5) is 0 Å². The van der Waals surface area contributed by atoms with Gasteiger partial charge in [0.2, 0.25) is 0 Å². The predicted molar refractivity (Wildman–Crippen MR) is 216 cm³/mol. The normalized spacial score (nSPS) is 26.1. The summed E-state index contributed by atoms with van der Waals surface area (Å²) >= 11 is 0. The van der Waals surface area contributed by atoms with Gasteiger partial charge in [0.15, 0.2) is 8.32 Å². The van der Waals surface area contributed by atoms with Gasteiger partial charge in [-0.15, -0.1) is 0 Å². The van der Waals surface area contributed by atoms with Gasteiger partial charge in [0.05, 0.1) is 12.7 Å². The fraction of sp³-hybridized carbons (Fsp3) is 0.574. The van der Waals surface area contributed by atoms with Crippen LogP contribution in [0.1, 0.15) is 120 Å². The van der Waals surface area contributed by atoms with Crippen LogP contribution in [0.25, 0.3) is 0 Å². The predicted octanol–water partition coefficient (Wildman–Crippen LogP) is 12.9. The molecular weight excluding hydrogens is 641 g/mol. The Kier molecular flexibility index (Phi) is 12.7. The molecule has 0 N–H and O–H groups in total. The number of hydrogen-bond donors (Lipinski definition) is 0. The molecule has 3 aliphatic rings.